The van der Waals surface area contributed by atoms with Crippen molar-refractivity contribution in [2.45, 2.75) is 44.9 Å². The molecule has 1 N–H and O–H groups in total. The first-order valence-corrected chi connectivity index (χ1v) is 8.11. The molecule has 7 heteroatoms. The van der Waals surface area contributed by atoms with Gasteiger partial charge >= 0.3 is 11.9 Å². The molecule has 130 valence electrons. The van der Waals surface area contributed by atoms with Crippen LogP contribution in [0.4, 0.5) is 5.69 Å². The third-order valence-corrected chi connectivity index (χ3v) is 4.07. The smallest absolute Gasteiger partial charge is 0.305 e. The SMILES string of the molecule is CCOC(=O)CCC1(CCC(=O)OCC)C(=O)Nc2cccnc21. The van der Waals surface area contributed by atoms with E-state index in [2.05, 4.69) is 10.3 Å². The maximum atomic E-state index is 12.6. The van der Waals surface area contributed by atoms with Crippen LogP contribution in [0.15, 0.2) is 18.3 Å². The van der Waals surface area contributed by atoms with Crippen LogP contribution in [0, 0.1) is 0 Å². The number of aromatic nitrogens is 1. The molecule has 2 heterocycles. The van der Waals surface area contributed by atoms with Crippen LogP contribution < -0.4 is 5.32 Å². The van der Waals surface area contributed by atoms with Crippen molar-refractivity contribution in [2.75, 3.05) is 18.5 Å². The van der Waals surface area contributed by atoms with E-state index in [1.54, 1.807) is 32.2 Å². The van der Waals surface area contributed by atoms with E-state index < -0.39 is 5.41 Å². The minimum atomic E-state index is -1.02. The number of nitrogens with zero attached hydrogens (tertiary/aromatic N) is 1. The van der Waals surface area contributed by atoms with Gasteiger partial charge in [0.25, 0.3) is 0 Å². The number of pyridine rings is 1. The number of esters is 2. The first kappa shape index (κ1) is 17.9. The van der Waals surface area contributed by atoms with Crippen LogP contribution in [-0.2, 0) is 29.3 Å². The Bertz CT molecular complexity index is 607. The minimum Gasteiger partial charge on any atom is -0.466 e. The number of rotatable bonds is 8. The molecule has 7 nitrogen and oxygen atoms in total. The van der Waals surface area contributed by atoms with E-state index >= 15 is 0 Å². The lowest BCUT2D eigenvalue weighted by atomic mass is 9.76. The summed E-state index contributed by atoms with van der Waals surface area (Å²) in [5, 5.41) is 2.79. The predicted molar refractivity (Wildman–Crippen MR) is 86.3 cm³/mol. The van der Waals surface area contributed by atoms with Crippen LogP contribution in [0.2, 0.25) is 0 Å². The monoisotopic (exact) mass is 334 g/mol. The third kappa shape index (κ3) is 3.72. The third-order valence-electron chi connectivity index (χ3n) is 4.07. The molecule has 0 atom stereocenters. The number of carbonyl (C=O) groups excluding carboxylic acids is 3. The van der Waals surface area contributed by atoms with Gasteiger partial charge in [-0.1, -0.05) is 0 Å². The Labute approximate surface area is 140 Å². The molecule has 1 aromatic heterocycles. The average molecular weight is 334 g/mol. The Morgan fingerprint density at radius 1 is 1.12 bits per heavy atom. The molecule has 24 heavy (non-hydrogen) atoms. The summed E-state index contributed by atoms with van der Waals surface area (Å²) in [4.78, 5) is 40.4. The van der Waals surface area contributed by atoms with E-state index in [-0.39, 0.29) is 56.7 Å². The lowest BCUT2D eigenvalue weighted by Gasteiger charge is -2.25. The van der Waals surface area contributed by atoms with E-state index in [9.17, 15) is 14.4 Å². The Morgan fingerprint density at radius 3 is 2.25 bits per heavy atom. The molecular formula is C17H22N2O5. The number of anilines is 1. The van der Waals surface area contributed by atoms with Gasteiger partial charge in [0, 0.05) is 19.0 Å². The molecule has 1 amide bonds. The van der Waals surface area contributed by atoms with Crippen molar-refractivity contribution in [1.82, 2.24) is 4.98 Å². The quantitative estimate of drug-likeness (QED) is 0.730. The van der Waals surface area contributed by atoms with Gasteiger partial charge in [-0.2, -0.15) is 0 Å². The van der Waals surface area contributed by atoms with E-state index in [0.717, 1.165) is 0 Å². The predicted octanol–water partition coefficient (Wildman–Crippen LogP) is 1.96. The lowest BCUT2D eigenvalue weighted by molar-refractivity contribution is -0.143. The molecular weight excluding hydrogens is 312 g/mol. The summed E-state index contributed by atoms with van der Waals surface area (Å²) in [7, 11) is 0. The Hall–Kier alpha value is -2.44. The standard InChI is InChI=1S/C17H22N2O5/c1-3-23-13(20)7-9-17(10-8-14(21)24-4-2)15-12(19-16(17)22)6-5-11-18-15/h5-6,11H,3-4,7-10H2,1-2H3,(H,19,22). The van der Waals surface area contributed by atoms with Crippen LogP contribution in [0.5, 0.6) is 0 Å². The second-order valence-corrected chi connectivity index (χ2v) is 5.55. The van der Waals surface area contributed by atoms with Crippen molar-refractivity contribution < 1.29 is 23.9 Å². The fourth-order valence-electron chi connectivity index (χ4n) is 2.92. The highest BCUT2D eigenvalue weighted by Crippen LogP contribution is 2.43. The van der Waals surface area contributed by atoms with Gasteiger partial charge in [0.05, 0.1) is 30.0 Å². The normalized spacial score (nSPS) is 14.7. The van der Waals surface area contributed by atoms with Crippen molar-refractivity contribution >= 4 is 23.5 Å². The van der Waals surface area contributed by atoms with Gasteiger partial charge in [0.15, 0.2) is 0 Å². The van der Waals surface area contributed by atoms with Crippen LogP contribution in [0.3, 0.4) is 0 Å². The molecule has 1 aliphatic rings. The molecule has 0 aromatic carbocycles. The number of fused-ring (bicyclic) bond motifs is 1. The van der Waals surface area contributed by atoms with E-state index in [0.29, 0.717) is 11.4 Å². The van der Waals surface area contributed by atoms with Gasteiger partial charge in [-0.05, 0) is 38.8 Å². The molecule has 2 rings (SSSR count). The highest BCUT2D eigenvalue weighted by atomic mass is 16.5. The Balaban J connectivity index is 2.23. The average Bonchev–Trinajstić information content (AvgIpc) is 2.84. The summed E-state index contributed by atoms with van der Waals surface area (Å²) in [6, 6.07) is 3.49. The molecule has 0 spiro atoms. The number of ether oxygens (including phenoxy) is 2. The van der Waals surface area contributed by atoms with Gasteiger partial charge < -0.3 is 14.8 Å². The zero-order valence-electron chi connectivity index (χ0n) is 14.0. The largest absolute Gasteiger partial charge is 0.466 e. The summed E-state index contributed by atoms with van der Waals surface area (Å²) < 4.78 is 9.90. The van der Waals surface area contributed by atoms with Gasteiger partial charge in [0.1, 0.15) is 0 Å². The van der Waals surface area contributed by atoms with Crippen LogP contribution in [-0.4, -0.2) is 36.0 Å². The van der Waals surface area contributed by atoms with Gasteiger partial charge in [-0.15, -0.1) is 0 Å². The van der Waals surface area contributed by atoms with E-state index in [1.807, 2.05) is 0 Å². The highest BCUT2D eigenvalue weighted by Gasteiger charge is 2.48. The molecule has 0 fully saturated rings. The van der Waals surface area contributed by atoms with Crippen molar-refractivity contribution in [2.24, 2.45) is 0 Å². The summed E-state index contributed by atoms with van der Waals surface area (Å²) >= 11 is 0. The fraction of sp³-hybridized carbons (Fsp3) is 0.529. The highest BCUT2D eigenvalue weighted by molar-refractivity contribution is 6.05. The fourth-order valence-corrected chi connectivity index (χ4v) is 2.92. The second-order valence-electron chi connectivity index (χ2n) is 5.55. The van der Waals surface area contributed by atoms with Gasteiger partial charge in [-0.3, -0.25) is 19.4 Å². The maximum Gasteiger partial charge on any atom is 0.305 e. The first-order valence-electron chi connectivity index (χ1n) is 8.11. The minimum absolute atomic E-state index is 0.0834. The zero-order valence-corrected chi connectivity index (χ0v) is 14.0. The summed E-state index contributed by atoms with van der Waals surface area (Å²) in [5.41, 5.74) is 0.176. The van der Waals surface area contributed by atoms with Crippen molar-refractivity contribution in [3.8, 4) is 0 Å². The Kier molecular flexibility index (Phi) is 5.89. The van der Waals surface area contributed by atoms with Crippen LogP contribution in [0.1, 0.15) is 45.2 Å². The molecule has 0 bridgehead atoms. The van der Waals surface area contributed by atoms with Crippen LogP contribution in [0.25, 0.3) is 0 Å². The first-order chi connectivity index (χ1) is 11.5. The summed E-state index contributed by atoms with van der Waals surface area (Å²) in [6.07, 6.45) is 2.24. The second kappa shape index (κ2) is 7.90. The zero-order chi connectivity index (χ0) is 17.6. The van der Waals surface area contributed by atoms with Crippen molar-refractivity contribution in [3.63, 3.8) is 0 Å². The number of nitrogens with one attached hydrogen (secondary N) is 1. The summed E-state index contributed by atoms with van der Waals surface area (Å²) in [5.74, 6) is -0.986. The maximum absolute atomic E-state index is 12.6. The van der Waals surface area contributed by atoms with E-state index in [4.69, 9.17) is 9.47 Å². The van der Waals surface area contributed by atoms with Gasteiger partial charge in [0.2, 0.25) is 5.91 Å². The van der Waals surface area contributed by atoms with E-state index in [1.165, 1.54) is 0 Å². The number of carbonyl (C=O) groups is 3. The van der Waals surface area contributed by atoms with Gasteiger partial charge in [-0.25, -0.2) is 0 Å². The summed E-state index contributed by atoms with van der Waals surface area (Å²) in [6.45, 7) is 4.03. The van der Waals surface area contributed by atoms with Crippen molar-refractivity contribution in [3.05, 3.63) is 24.0 Å². The Morgan fingerprint density at radius 2 is 1.71 bits per heavy atom. The molecule has 0 aliphatic carbocycles. The molecule has 0 saturated heterocycles. The molecule has 1 aliphatic heterocycles. The topological polar surface area (TPSA) is 94.6 Å². The molecule has 0 unspecified atom stereocenters. The number of hydrogen-bond acceptors (Lipinski definition) is 6. The molecule has 0 radical (unpaired) electrons. The molecule has 0 saturated carbocycles. The lowest BCUT2D eigenvalue weighted by Crippen LogP contribution is -2.36. The molecule has 1 aromatic rings. The number of amides is 1. The van der Waals surface area contributed by atoms with Crippen LogP contribution >= 0.6 is 0 Å². The number of hydrogen-bond donors (Lipinski definition) is 1. The van der Waals surface area contributed by atoms with Crippen molar-refractivity contribution in [1.29, 1.82) is 0 Å².